The van der Waals surface area contributed by atoms with E-state index >= 15 is 0 Å². The van der Waals surface area contributed by atoms with Gasteiger partial charge in [0.1, 0.15) is 11.6 Å². The number of rotatable bonds is 6. The number of nitrogens with one attached hydrogen (secondary N) is 2. The Kier molecular flexibility index (Phi) is 6.63. The van der Waals surface area contributed by atoms with Crippen LogP contribution in [0, 0.1) is 5.82 Å². The summed E-state index contributed by atoms with van der Waals surface area (Å²) in [7, 11) is 1.40. The van der Waals surface area contributed by atoms with E-state index in [4.69, 9.17) is 14.7 Å². The molecule has 154 valence electrons. The minimum absolute atomic E-state index is 0.105. The van der Waals surface area contributed by atoms with Crippen LogP contribution in [0.25, 0.3) is 0 Å². The fourth-order valence-corrected chi connectivity index (χ4v) is 3.15. The van der Waals surface area contributed by atoms with Crippen molar-refractivity contribution in [2.75, 3.05) is 38.3 Å². The number of ether oxygens (including phenoxy) is 2. The highest BCUT2D eigenvalue weighted by molar-refractivity contribution is 6.00. The van der Waals surface area contributed by atoms with Crippen LogP contribution in [0.3, 0.4) is 0 Å². The summed E-state index contributed by atoms with van der Waals surface area (Å²) in [6, 6.07) is 8.87. The minimum Gasteiger partial charge on any atom is -0.496 e. The summed E-state index contributed by atoms with van der Waals surface area (Å²) in [4.78, 5) is 26.5. The number of nitrogens with zero attached hydrogens (tertiary/aromatic N) is 1. The highest BCUT2D eigenvalue weighted by Crippen LogP contribution is 2.24. The van der Waals surface area contributed by atoms with E-state index in [0.29, 0.717) is 37.6 Å². The summed E-state index contributed by atoms with van der Waals surface area (Å²) in [6.07, 6.45) is 0. The molecule has 2 aromatic carbocycles. The molecule has 1 aliphatic heterocycles. The van der Waals surface area contributed by atoms with Gasteiger partial charge in [-0.05, 0) is 35.9 Å². The molecule has 0 atom stereocenters. The molecule has 9 heteroatoms. The van der Waals surface area contributed by atoms with Gasteiger partial charge in [0.25, 0.3) is 11.8 Å². The summed E-state index contributed by atoms with van der Waals surface area (Å²) in [5.41, 5.74) is 3.17. The molecule has 1 aliphatic rings. The second-order valence-corrected chi connectivity index (χ2v) is 6.42. The lowest BCUT2D eigenvalue weighted by Gasteiger charge is -2.30. The van der Waals surface area contributed by atoms with Crippen LogP contribution in [0.4, 0.5) is 10.1 Å². The Balaban J connectivity index is 1.77. The van der Waals surface area contributed by atoms with Crippen molar-refractivity contribution >= 4 is 17.5 Å². The molecule has 2 aromatic rings. The maximum absolute atomic E-state index is 13.8. The molecule has 29 heavy (non-hydrogen) atoms. The fraction of sp³-hybridized carbons (Fsp3) is 0.300. The minimum atomic E-state index is -0.727. The molecule has 8 nitrogen and oxygen atoms in total. The normalized spacial score (nSPS) is 13.7. The number of anilines is 1. The lowest BCUT2D eigenvalue weighted by atomic mass is 10.1. The predicted octanol–water partition coefficient (Wildman–Crippen LogP) is 1.72. The van der Waals surface area contributed by atoms with Crippen LogP contribution in [-0.2, 0) is 11.3 Å². The van der Waals surface area contributed by atoms with E-state index in [1.165, 1.54) is 25.3 Å². The molecule has 0 spiro atoms. The Hall–Kier alpha value is -3.17. The molecule has 0 saturated carbocycles. The van der Waals surface area contributed by atoms with E-state index < -0.39 is 17.6 Å². The first-order valence-electron chi connectivity index (χ1n) is 9.05. The molecule has 1 heterocycles. The molecular formula is C20H22FN3O5. The summed E-state index contributed by atoms with van der Waals surface area (Å²) in [5.74, 6) is -1.38. The number of morpholine rings is 1. The smallest absolute Gasteiger partial charge is 0.278 e. The van der Waals surface area contributed by atoms with E-state index in [1.807, 2.05) is 4.90 Å². The number of carbonyl (C=O) groups is 2. The fourth-order valence-electron chi connectivity index (χ4n) is 3.15. The topological polar surface area (TPSA) is 100 Å². The standard InChI is InChI=1S/C20H22FN3O5/c1-28-18-5-2-13(10-16(18)20(26)23-27)12-22-19(25)15-11-14(21)3-4-17(15)24-6-8-29-9-7-24/h2-5,10-11,27H,6-9,12H2,1H3,(H,22,25)(H,23,26). The van der Waals surface area contributed by atoms with Gasteiger partial charge in [0, 0.05) is 25.3 Å². The number of carbonyl (C=O) groups excluding carboxylic acids is 2. The highest BCUT2D eigenvalue weighted by Gasteiger charge is 2.20. The van der Waals surface area contributed by atoms with Gasteiger partial charge in [0.2, 0.25) is 0 Å². The second kappa shape index (κ2) is 9.35. The van der Waals surface area contributed by atoms with Crippen LogP contribution < -0.4 is 20.4 Å². The molecule has 0 aliphatic carbocycles. The maximum atomic E-state index is 13.8. The van der Waals surface area contributed by atoms with Crippen molar-refractivity contribution in [2.24, 2.45) is 0 Å². The van der Waals surface area contributed by atoms with Crippen molar-refractivity contribution < 1.29 is 28.7 Å². The quantitative estimate of drug-likeness (QED) is 0.502. The van der Waals surface area contributed by atoms with E-state index in [9.17, 15) is 14.0 Å². The van der Waals surface area contributed by atoms with Crippen molar-refractivity contribution in [1.82, 2.24) is 10.8 Å². The number of hydrogen-bond acceptors (Lipinski definition) is 6. The lowest BCUT2D eigenvalue weighted by Crippen LogP contribution is -2.38. The van der Waals surface area contributed by atoms with Crippen LogP contribution in [0.2, 0.25) is 0 Å². The van der Waals surface area contributed by atoms with Crippen LogP contribution in [-0.4, -0.2) is 50.4 Å². The van der Waals surface area contributed by atoms with E-state index in [1.54, 1.807) is 23.7 Å². The van der Waals surface area contributed by atoms with Crippen molar-refractivity contribution in [2.45, 2.75) is 6.54 Å². The summed E-state index contributed by atoms with van der Waals surface area (Å²) < 4.78 is 24.2. The van der Waals surface area contributed by atoms with Gasteiger partial charge in [-0.3, -0.25) is 14.8 Å². The van der Waals surface area contributed by atoms with Crippen molar-refractivity contribution in [3.05, 3.63) is 58.9 Å². The number of halogens is 1. The Bertz CT molecular complexity index is 900. The van der Waals surface area contributed by atoms with Gasteiger partial charge in [-0.15, -0.1) is 0 Å². The number of hydrogen-bond donors (Lipinski definition) is 3. The number of benzene rings is 2. The molecule has 1 fully saturated rings. The summed E-state index contributed by atoms with van der Waals surface area (Å²) in [5, 5.41) is 11.6. The van der Waals surface area contributed by atoms with Crippen LogP contribution in [0.15, 0.2) is 36.4 Å². The third-order valence-corrected chi connectivity index (χ3v) is 4.62. The zero-order valence-electron chi connectivity index (χ0n) is 15.9. The molecular weight excluding hydrogens is 381 g/mol. The van der Waals surface area contributed by atoms with Crippen molar-refractivity contribution in [1.29, 1.82) is 0 Å². The van der Waals surface area contributed by atoms with Crippen LogP contribution in [0.5, 0.6) is 5.75 Å². The summed E-state index contributed by atoms with van der Waals surface area (Å²) in [6.45, 7) is 2.42. The molecule has 0 aromatic heterocycles. The zero-order valence-corrected chi connectivity index (χ0v) is 15.9. The Labute approximate surface area is 167 Å². The van der Waals surface area contributed by atoms with E-state index in [2.05, 4.69) is 5.32 Å². The van der Waals surface area contributed by atoms with E-state index in [-0.39, 0.29) is 23.4 Å². The molecule has 0 bridgehead atoms. The Morgan fingerprint density at radius 2 is 1.90 bits per heavy atom. The van der Waals surface area contributed by atoms with Crippen molar-refractivity contribution in [3.63, 3.8) is 0 Å². The maximum Gasteiger partial charge on any atom is 0.278 e. The first-order chi connectivity index (χ1) is 14.0. The number of methoxy groups -OCH3 is 1. The molecule has 2 amide bonds. The summed E-state index contributed by atoms with van der Waals surface area (Å²) >= 11 is 0. The first kappa shape index (κ1) is 20.6. The number of amides is 2. The van der Waals surface area contributed by atoms with Gasteiger partial charge < -0.3 is 19.7 Å². The predicted molar refractivity (Wildman–Crippen MR) is 103 cm³/mol. The Morgan fingerprint density at radius 1 is 1.14 bits per heavy atom. The largest absolute Gasteiger partial charge is 0.496 e. The average Bonchev–Trinajstić information content (AvgIpc) is 2.77. The highest BCUT2D eigenvalue weighted by atomic mass is 19.1. The van der Waals surface area contributed by atoms with Gasteiger partial charge in [-0.1, -0.05) is 6.07 Å². The van der Waals surface area contributed by atoms with Crippen molar-refractivity contribution in [3.8, 4) is 5.75 Å². The van der Waals surface area contributed by atoms with Crippen LogP contribution >= 0.6 is 0 Å². The van der Waals surface area contributed by atoms with E-state index in [0.717, 1.165) is 0 Å². The van der Waals surface area contributed by atoms with Gasteiger partial charge in [0.15, 0.2) is 0 Å². The zero-order chi connectivity index (χ0) is 20.8. The second-order valence-electron chi connectivity index (χ2n) is 6.42. The average molecular weight is 403 g/mol. The molecule has 1 saturated heterocycles. The van der Waals surface area contributed by atoms with Gasteiger partial charge in [-0.2, -0.15) is 0 Å². The molecule has 0 unspecified atom stereocenters. The monoisotopic (exact) mass is 403 g/mol. The lowest BCUT2D eigenvalue weighted by molar-refractivity contribution is 0.0703. The molecule has 3 rings (SSSR count). The SMILES string of the molecule is COc1ccc(CNC(=O)c2cc(F)ccc2N2CCOCC2)cc1C(=O)NO. The van der Waals surface area contributed by atoms with Gasteiger partial charge in [-0.25, -0.2) is 9.87 Å². The third kappa shape index (κ3) is 4.82. The number of hydroxylamine groups is 1. The molecule has 3 N–H and O–H groups in total. The molecule has 0 radical (unpaired) electrons. The third-order valence-electron chi connectivity index (χ3n) is 4.62. The first-order valence-corrected chi connectivity index (χ1v) is 9.05. The van der Waals surface area contributed by atoms with Gasteiger partial charge in [0.05, 0.1) is 31.5 Å². The van der Waals surface area contributed by atoms with Crippen LogP contribution in [0.1, 0.15) is 26.3 Å². The van der Waals surface area contributed by atoms with Gasteiger partial charge >= 0.3 is 0 Å². The Morgan fingerprint density at radius 3 is 2.59 bits per heavy atom.